The number of halogens is 2. The first-order valence-corrected chi connectivity index (χ1v) is 11.6. The summed E-state index contributed by atoms with van der Waals surface area (Å²) in [5.41, 5.74) is -1.53. The zero-order valence-electron chi connectivity index (χ0n) is 19.1. The fourth-order valence-electron chi connectivity index (χ4n) is 4.66. The predicted octanol–water partition coefficient (Wildman–Crippen LogP) is 1.63. The number of nitriles is 1. The van der Waals surface area contributed by atoms with Crippen LogP contribution >= 0.6 is 0 Å². The molecule has 2 aliphatic heterocycles. The van der Waals surface area contributed by atoms with Crippen LogP contribution in [0.5, 0.6) is 0 Å². The fourth-order valence-corrected chi connectivity index (χ4v) is 4.66. The summed E-state index contributed by atoms with van der Waals surface area (Å²) in [4.78, 5) is 50.9. The van der Waals surface area contributed by atoms with Crippen molar-refractivity contribution in [2.75, 3.05) is 13.1 Å². The van der Waals surface area contributed by atoms with Gasteiger partial charge in [-0.15, -0.1) is 0 Å². The zero-order chi connectivity index (χ0) is 25.3. The molecular formula is C24H27F2N5O4. The zero-order valence-corrected chi connectivity index (χ0v) is 19.1. The highest BCUT2D eigenvalue weighted by atomic mass is 19.3. The number of rotatable bonds is 7. The van der Waals surface area contributed by atoms with Gasteiger partial charge in [0.25, 0.3) is 5.92 Å². The number of carbonyl (C=O) groups excluding carboxylic acids is 4. The van der Waals surface area contributed by atoms with Gasteiger partial charge in [0, 0.05) is 32.4 Å². The van der Waals surface area contributed by atoms with E-state index in [2.05, 4.69) is 16.0 Å². The van der Waals surface area contributed by atoms with Gasteiger partial charge in [-0.3, -0.25) is 19.7 Å². The van der Waals surface area contributed by atoms with Gasteiger partial charge in [0.1, 0.15) is 11.6 Å². The summed E-state index contributed by atoms with van der Waals surface area (Å²) >= 11 is 0. The van der Waals surface area contributed by atoms with Gasteiger partial charge in [-0.25, -0.2) is 13.6 Å². The molecule has 3 fully saturated rings. The number of amides is 5. The van der Waals surface area contributed by atoms with Crippen LogP contribution in [-0.2, 0) is 20.8 Å². The summed E-state index contributed by atoms with van der Waals surface area (Å²) in [5, 5.41) is 16.5. The summed E-state index contributed by atoms with van der Waals surface area (Å²) in [7, 11) is 0. The molecule has 0 radical (unpaired) electrons. The van der Waals surface area contributed by atoms with Gasteiger partial charge in [0.15, 0.2) is 0 Å². The molecule has 2 heterocycles. The van der Waals surface area contributed by atoms with Crippen molar-refractivity contribution >= 4 is 23.8 Å². The monoisotopic (exact) mass is 487 g/mol. The molecule has 2 saturated heterocycles. The number of alkyl halides is 2. The Morgan fingerprint density at radius 1 is 1.14 bits per heavy atom. The maximum Gasteiger partial charge on any atom is 0.318 e. The number of urea groups is 1. The Hall–Kier alpha value is -3.55. The maximum atomic E-state index is 14.9. The van der Waals surface area contributed by atoms with Crippen molar-refractivity contribution in [3.8, 4) is 6.07 Å². The van der Waals surface area contributed by atoms with Gasteiger partial charge >= 0.3 is 6.03 Å². The molecular weight excluding hydrogens is 460 g/mol. The number of hydrogen-bond acceptors (Lipinski definition) is 5. The highest BCUT2D eigenvalue weighted by Gasteiger charge is 2.50. The first kappa shape index (κ1) is 24.6. The van der Waals surface area contributed by atoms with Crippen LogP contribution in [0.15, 0.2) is 30.3 Å². The van der Waals surface area contributed by atoms with E-state index in [0.717, 1.165) is 0 Å². The van der Waals surface area contributed by atoms with Crippen molar-refractivity contribution in [3.05, 3.63) is 35.9 Å². The molecule has 1 aromatic rings. The van der Waals surface area contributed by atoms with E-state index in [1.54, 1.807) is 30.3 Å². The van der Waals surface area contributed by atoms with E-state index >= 15 is 0 Å². The number of carbonyl (C=O) groups is 4. The molecule has 1 aliphatic carbocycles. The van der Waals surface area contributed by atoms with Crippen molar-refractivity contribution in [2.24, 2.45) is 5.41 Å². The lowest BCUT2D eigenvalue weighted by molar-refractivity contribution is -0.130. The Kier molecular flexibility index (Phi) is 6.49. The van der Waals surface area contributed by atoms with Gasteiger partial charge in [0.2, 0.25) is 17.7 Å². The SMILES string of the molecule is N#CC1(NC(=O)C(CC(F)(F)Cc2ccccc2)NC(=O)N2CCC3(CC2)CC(=O)NC3=O)CC1. The Morgan fingerprint density at radius 2 is 1.80 bits per heavy atom. The maximum absolute atomic E-state index is 14.9. The Bertz CT molecular complexity index is 1060. The molecule has 3 aliphatic rings. The second kappa shape index (κ2) is 9.24. The topological polar surface area (TPSA) is 131 Å². The molecule has 1 unspecified atom stereocenters. The van der Waals surface area contributed by atoms with Gasteiger partial charge in [0.05, 0.1) is 11.5 Å². The lowest BCUT2D eigenvalue weighted by Crippen LogP contribution is -2.56. The third-order valence-electron chi connectivity index (χ3n) is 6.99. The van der Waals surface area contributed by atoms with E-state index in [0.29, 0.717) is 18.4 Å². The average molecular weight is 488 g/mol. The van der Waals surface area contributed by atoms with Crippen LogP contribution in [0.4, 0.5) is 13.6 Å². The minimum Gasteiger partial charge on any atom is -0.336 e. The number of piperidine rings is 1. The van der Waals surface area contributed by atoms with E-state index in [-0.39, 0.29) is 44.2 Å². The molecule has 1 spiro atoms. The third-order valence-corrected chi connectivity index (χ3v) is 6.99. The quantitative estimate of drug-likeness (QED) is 0.503. The minimum absolute atomic E-state index is 0.0638. The highest BCUT2D eigenvalue weighted by Crippen LogP contribution is 2.39. The summed E-state index contributed by atoms with van der Waals surface area (Å²) in [6, 6.07) is 7.84. The normalized spacial score (nSPS) is 21.1. The Morgan fingerprint density at radius 3 is 2.34 bits per heavy atom. The molecule has 3 N–H and O–H groups in total. The van der Waals surface area contributed by atoms with E-state index in [4.69, 9.17) is 0 Å². The van der Waals surface area contributed by atoms with Crippen molar-refractivity contribution in [1.29, 1.82) is 5.26 Å². The summed E-state index contributed by atoms with van der Waals surface area (Å²) in [6.45, 7) is 0.285. The number of nitrogens with zero attached hydrogens (tertiary/aromatic N) is 2. The van der Waals surface area contributed by atoms with Crippen LogP contribution in [0.1, 0.15) is 44.1 Å². The van der Waals surface area contributed by atoms with Crippen LogP contribution in [0.2, 0.25) is 0 Å². The van der Waals surface area contributed by atoms with Crippen molar-refractivity contribution in [2.45, 2.75) is 62.4 Å². The van der Waals surface area contributed by atoms with Crippen LogP contribution in [0, 0.1) is 16.7 Å². The Labute approximate surface area is 201 Å². The summed E-state index contributed by atoms with van der Waals surface area (Å²) in [5.74, 6) is -4.84. The third kappa shape index (κ3) is 5.58. The minimum atomic E-state index is -3.30. The summed E-state index contributed by atoms with van der Waals surface area (Å²) < 4.78 is 29.9. The first-order chi connectivity index (χ1) is 16.6. The second-order valence-corrected chi connectivity index (χ2v) is 9.73. The van der Waals surface area contributed by atoms with Crippen molar-refractivity contribution in [1.82, 2.24) is 20.9 Å². The average Bonchev–Trinajstić information content (AvgIpc) is 3.52. The van der Waals surface area contributed by atoms with E-state index in [1.165, 1.54) is 4.90 Å². The molecule has 0 bridgehead atoms. The number of likely N-dealkylation sites (tertiary alicyclic amines) is 1. The van der Waals surface area contributed by atoms with Gasteiger partial charge in [-0.2, -0.15) is 5.26 Å². The second-order valence-electron chi connectivity index (χ2n) is 9.73. The van der Waals surface area contributed by atoms with Crippen LogP contribution < -0.4 is 16.0 Å². The van der Waals surface area contributed by atoms with Gasteiger partial charge in [-0.05, 0) is 31.2 Å². The predicted molar refractivity (Wildman–Crippen MR) is 119 cm³/mol. The molecule has 5 amide bonds. The van der Waals surface area contributed by atoms with Gasteiger partial charge < -0.3 is 15.5 Å². The standard InChI is InChI=1S/C24H27F2N5O4/c25-24(26,12-16-4-2-1-3-5-16)13-17(19(33)30-23(15-27)6-7-23)28-21(35)31-10-8-22(9-11-31)14-18(32)29-20(22)34/h1-5,17H,6-14H2,(H,28,35)(H,30,33)(H,29,32,34). The van der Waals surface area contributed by atoms with E-state index in [9.17, 15) is 33.2 Å². The summed E-state index contributed by atoms with van der Waals surface area (Å²) in [6.07, 6.45) is -0.111. The lowest BCUT2D eigenvalue weighted by atomic mass is 9.77. The molecule has 1 atom stereocenters. The van der Waals surface area contributed by atoms with Crippen molar-refractivity contribution < 1.29 is 28.0 Å². The molecule has 4 rings (SSSR count). The van der Waals surface area contributed by atoms with Crippen LogP contribution in [0.3, 0.4) is 0 Å². The molecule has 1 aromatic carbocycles. The van der Waals surface area contributed by atoms with Gasteiger partial charge in [-0.1, -0.05) is 30.3 Å². The number of benzene rings is 1. The number of hydrogen-bond donors (Lipinski definition) is 3. The fraction of sp³-hybridized carbons (Fsp3) is 0.542. The van der Waals surface area contributed by atoms with Crippen LogP contribution in [-0.4, -0.2) is 59.2 Å². The number of nitrogens with one attached hydrogen (secondary N) is 3. The smallest absolute Gasteiger partial charge is 0.318 e. The molecule has 186 valence electrons. The Balaban J connectivity index is 1.42. The van der Waals surface area contributed by atoms with E-state index in [1.807, 2.05) is 6.07 Å². The lowest BCUT2D eigenvalue weighted by Gasteiger charge is -2.37. The molecule has 11 heteroatoms. The van der Waals surface area contributed by atoms with Crippen LogP contribution in [0.25, 0.3) is 0 Å². The molecule has 0 aromatic heterocycles. The first-order valence-electron chi connectivity index (χ1n) is 11.6. The van der Waals surface area contributed by atoms with Crippen molar-refractivity contribution in [3.63, 3.8) is 0 Å². The van der Waals surface area contributed by atoms with E-state index < -0.39 is 47.7 Å². The molecule has 9 nitrogen and oxygen atoms in total. The molecule has 1 saturated carbocycles. The highest BCUT2D eigenvalue weighted by molar-refractivity contribution is 6.06. The number of imide groups is 1. The largest absolute Gasteiger partial charge is 0.336 e. The molecule has 35 heavy (non-hydrogen) atoms.